The Morgan fingerprint density at radius 2 is 2.18 bits per heavy atom. The molecule has 0 fully saturated rings. The van der Waals surface area contributed by atoms with E-state index in [2.05, 4.69) is 9.97 Å². The number of nitrogens with zero attached hydrogens (tertiary/aromatic N) is 1. The van der Waals surface area contributed by atoms with Crippen LogP contribution in [0.3, 0.4) is 0 Å². The fourth-order valence-electron chi connectivity index (χ4n) is 1.51. The topological polar surface area (TPSA) is 81.0 Å². The molecule has 1 aromatic carbocycles. The molecule has 0 aliphatic heterocycles. The maximum absolute atomic E-state index is 13.2. The zero-order valence-electron chi connectivity index (χ0n) is 9.03. The number of hydrogen-bond donors (Lipinski definition) is 2. The molecule has 0 radical (unpaired) electrons. The minimum atomic E-state index is -0.591. The van der Waals surface area contributed by atoms with E-state index in [-0.39, 0.29) is 5.82 Å². The van der Waals surface area contributed by atoms with Gasteiger partial charge in [0.05, 0.1) is 12.8 Å². The average molecular weight is 235 g/mol. The van der Waals surface area contributed by atoms with Crippen molar-refractivity contribution in [1.82, 2.24) is 9.97 Å². The predicted octanol–water partition coefficient (Wildman–Crippen LogP) is 1.17. The van der Waals surface area contributed by atoms with Gasteiger partial charge in [-0.25, -0.2) is 9.18 Å². The molecule has 0 saturated carbocycles. The summed E-state index contributed by atoms with van der Waals surface area (Å²) in [7, 11) is 1.46. The van der Waals surface area contributed by atoms with Crippen molar-refractivity contribution in [3.05, 3.63) is 40.6 Å². The van der Waals surface area contributed by atoms with Gasteiger partial charge in [0.2, 0.25) is 0 Å². The Morgan fingerprint density at radius 3 is 2.82 bits per heavy atom. The van der Waals surface area contributed by atoms with Gasteiger partial charge in [0.25, 0.3) is 0 Å². The summed E-state index contributed by atoms with van der Waals surface area (Å²) in [4.78, 5) is 17.1. The van der Waals surface area contributed by atoms with E-state index in [4.69, 9.17) is 10.5 Å². The van der Waals surface area contributed by atoms with E-state index >= 15 is 0 Å². The maximum Gasteiger partial charge on any atom is 0.347 e. The van der Waals surface area contributed by atoms with Gasteiger partial charge < -0.3 is 15.5 Å². The highest BCUT2D eigenvalue weighted by molar-refractivity contribution is 5.68. The van der Waals surface area contributed by atoms with Crippen molar-refractivity contribution < 1.29 is 9.13 Å². The summed E-state index contributed by atoms with van der Waals surface area (Å²) in [5.74, 6) is 0.0692. The van der Waals surface area contributed by atoms with Gasteiger partial charge in [-0.15, -0.1) is 0 Å². The Bertz CT molecular complexity index is 610. The van der Waals surface area contributed by atoms with Gasteiger partial charge in [-0.3, -0.25) is 0 Å². The molecule has 3 N–H and O–H groups in total. The number of ether oxygens (including phenoxy) is 1. The second-order valence-corrected chi connectivity index (χ2v) is 3.37. The van der Waals surface area contributed by atoms with E-state index in [1.165, 1.54) is 31.4 Å². The molecule has 2 rings (SSSR count). The van der Waals surface area contributed by atoms with Crippen molar-refractivity contribution in [2.24, 2.45) is 0 Å². The van der Waals surface area contributed by atoms with Crippen LogP contribution in [0, 0.1) is 5.82 Å². The molecular weight excluding hydrogens is 225 g/mol. The average Bonchev–Trinajstić information content (AvgIpc) is 2.27. The highest BCUT2D eigenvalue weighted by Gasteiger charge is 2.09. The summed E-state index contributed by atoms with van der Waals surface area (Å²) in [6.07, 6.45) is 0. The second-order valence-electron chi connectivity index (χ2n) is 3.37. The Morgan fingerprint density at radius 1 is 1.41 bits per heavy atom. The second kappa shape index (κ2) is 4.25. The first-order chi connectivity index (χ1) is 8.10. The summed E-state index contributed by atoms with van der Waals surface area (Å²) in [5, 5.41) is 0. The molecule has 2 aromatic rings. The number of aromatic amines is 1. The lowest BCUT2D eigenvalue weighted by Crippen LogP contribution is -2.13. The van der Waals surface area contributed by atoms with Crippen molar-refractivity contribution in [3.63, 3.8) is 0 Å². The Kier molecular flexibility index (Phi) is 2.78. The number of benzene rings is 1. The molecule has 0 aliphatic rings. The molecule has 0 spiro atoms. The van der Waals surface area contributed by atoms with Crippen LogP contribution in [0.2, 0.25) is 0 Å². The fraction of sp³-hybridized carbons (Fsp3) is 0.0909. The van der Waals surface area contributed by atoms with Crippen molar-refractivity contribution in [3.8, 4) is 17.0 Å². The summed E-state index contributed by atoms with van der Waals surface area (Å²) >= 11 is 0. The van der Waals surface area contributed by atoms with Gasteiger partial charge in [0, 0.05) is 11.6 Å². The first kappa shape index (κ1) is 11.1. The number of methoxy groups -OCH3 is 1. The van der Waals surface area contributed by atoms with Crippen LogP contribution in [-0.2, 0) is 0 Å². The molecule has 17 heavy (non-hydrogen) atoms. The number of nitrogens with two attached hydrogens (primary N) is 1. The van der Waals surface area contributed by atoms with Gasteiger partial charge in [-0.1, -0.05) is 0 Å². The van der Waals surface area contributed by atoms with Crippen LogP contribution in [0.4, 0.5) is 10.2 Å². The van der Waals surface area contributed by atoms with E-state index < -0.39 is 11.5 Å². The van der Waals surface area contributed by atoms with Crippen LogP contribution in [0.5, 0.6) is 5.75 Å². The SMILES string of the molecule is COc1ccc(F)cc1-c1cc(N)nc(=O)[nH]1. The molecule has 1 heterocycles. The first-order valence-electron chi connectivity index (χ1n) is 4.81. The lowest BCUT2D eigenvalue weighted by Gasteiger charge is -2.08. The molecule has 88 valence electrons. The Labute approximate surface area is 96.1 Å². The lowest BCUT2D eigenvalue weighted by molar-refractivity contribution is 0.415. The summed E-state index contributed by atoms with van der Waals surface area (Å²) in [6.45, 7) is 0. The summed E-state index contributed by atoms with van der Waals surface area (Å²) in [6, 6.07) is 5.44. The van der Waals surface area contributed by atoms with E-state index in [0.717, 1.165) is 0 Å². The van der Waals surface area contributed by atoms with Crippen molar-refractivity contribution >= 4 is 5.82 Å². The predicted molar refractivity (Wildman–Crippen MR) is 61.2 cm³/mol. The van der Waals surface area contributed by atoms with Crippen LogP contribution in [0.25, 0.3) is 11.3 Å². The number of anilines is 1. The quantitative estimate of drug-likeness (QED) is 0.818. The van der Waals surface area contributed by atoms with Gasteiger partial charge in [0.15, 0.2) is 0 Å². The largest absolute Gasteiger partial charge is 0.496 e. The lowest BCUT2D eigenvalue weighted by atomic mass is 10.1. The minimum Gasteiger partial charge on any atom is -0.496 e. The van der Waals surface area contributed by atoms with E-state index in [9.17, 15) is 9.18 Å². The first-order valence-corrected chi connectivity index (χ1v) is 4.81. The zero-order chi connectivity index (χ0) is 12.4. The molecule has 0 saturated heterocycles. The van der Waals surface area contributed by atoms with Gasteiger partial charge in [-0.2, -0.15) is 4.98 Å². The number of nitrogen functional groups attached to an aromatic ring is 1. The van der Waals surface area contributed by atoms with Crippen LogP contribution in [-0.4, -0.2) is 17.1 Å². The fourth-order valence-corrected chi connectivity index (χ4v) is 1.51. The van der Waals surface area contributed by atoms with Crippen molar-refractivity contribution in [2.75, 3.05) is 12.8 Å². The molecule has 0 amide bonds. The number of hydrogen-bond acceptors (Lipinski definition) is 4. The zero-order valence-corrected chi connectivity index (χ0v) is 9.03. The molecule has 0 atom stereocenters. The number of nitrogens with one attached hydrogen (secondary N) is 1. The Hall–Kier alpha value is -2.37. The number of H-pyrrole nitrogens is 1. The van der Waals surface area contributed by atoms with Crippen LogP contribution >= 0.6 is 0 Å². The highest BCUT2D eigenvalue weighted by atomic mass is 19.1. The van der Waals surface area contributed by atoms with E-state index in [1.807, 2.05) is 0 Å². The van der Waals surface area contributed by atoms with Crippen molar-refractivity contribution in [2.45, 2.75) is 0 Å². The van der Waals surface area contributed by atoms with Gasteiger partial charge >= 0.3 is 5.69 Å². The van der Waals surface area contributed by atoms with Gasteiger partial charge in [0.1, 0.15) is 17.4 Å². The third kappa shape index (κ3) is 2.25. The smallest absolute Gasteiger partial charge is 0.347 e. The van der Waals surface area contributed by atoms with Crippen LogP contribution in [0.1, 0.15) is 0 Å². The maximum atomic E-state index is 13.2. The van der Waals surface area contributed by atoms with Crippen LogP contribution < -0.4 is 16.2 Å². The minimum absolute atomic E-state index is 0.0649. The van der Waals surface area contributed by atoms with E-state index in [1.54, 1.807) is 0 Å². The van der Waals surface area contributed by atoms with Crippen LogP contribution in [0.15, 0.2) is 29.1 Å². The Balaban J connectivity index is 2.66. The standard InChI is InChI=1S/C11H10FN3O2/c1-17-9-3-2-6(12)4-7(9)8-5-10(13)15-11(16)14-8/h2-5H,1H3,(H3,13,14,15,16). The molecule has 0 bridgehead atoms. The molecule has 0 aliphatic carbocycles. The number of halogens is 1. The molecule has 5 nitrogen and oxygen atoms in total. The molecule has 1 aromatic heterocycles. The summed E-state index contributed by atoms with van der Waals surface area (Å²) in [5.41, 5.74) is 5.64. The number of aromatic nitrogens is 2. The molecular formula is C11H10FN3O2. The summed E-state index contributed by atoms with van der Waals surface area (Å²) < 4.78 is 18.3. The third-order valence-corrected chi connectivity index (χ3v) is 2.22. The van der Waals surface area contributed by atoms with Gasteiger partial charge in [-0.05, 0) is 18.2 Å². The van der Waals surface area contributed by atoms with E-state index in [0.29, 0.717) is 17.0 Å². The highest BCUT2D eigenvalue weighted by Crippen LogP contribution is 2.28. The monoisotopic (exact) mass is 235 g/mol. The van der Waals surface area contributed by atoms with Crippen molar-refractivity contribution in [1.29, 1.82) is 0 Å². The number of rotatable bonds is 2. The molecule has 0 unspecified atom stereocenters. The normalized spacial score (nSPS) is 10.2. The molecule has 6 heteroatoms. The third-order valence-electron chi connectivity index (χ3n) is 2.22.